The number of carbonyl (C=O) groups excluding carboxylic acids is 3. The minimum absolute atomic E-state index is 0.0834. The van der Waals surface area contributed by atoms with E-state index >= 15 is 0 Å². The van der Waals surface area contributed by atoms with Gasteiger partial charge in [-0.15, -0.1) is 11.8 Å². The number of likely N-dealkylation sites (N-methyl/N-ethyl adjacent to an activating group) is 1. The lowest BCUT2D eigenvalue weighted by Crippen LogP contribution is -2.46. The van der Waals surface area contributed by atoms with E-state index in [1.54, 1.807) is 7.05 Å². The molecule has 1 aliphatic heterocycles. The van der Waals surface area contributed by atoms with E-state index < -0.39 is 28.9 Å². The molecule has 0 radical (unpaired) electrons. The number of thioether (sulfide) groups is 1. The van der Waals surface area contributed by atoms with E-state index in [1.165, 1.54) is 16.7 Å². The molecule has 0 aromatic heterocycles. The molecule has 39 heavy (non-hydrogen) atoms. The second kappa shape index (κ2) is 13.7. The van der Waals surface area contributed by atoms with E-state index in [2.05, 4.69) is 16.0 Å². The van der Waals surface area contributed by atoms with Crippen LogP contribution in [0.15, 0.2) is 36.4 Å². The number of rotatable bonds is 11. The van der Waals surface area contributed by atoms with Crippen LogP contribution in [0.5, 0.6) is 0 Å². The van der Waals surface area contributed by atoms with Crippen LogP contribution in [0.3, 0.4) is 0 Å². The Bertz CT molecular complexity index is 1180. The first kappa shape index (κ1) is 30.3. The van der Waals surface area contributed by atoms with Crippen molar-refractivity contribution in [3.05, 3.63) is 65.0 Å². The van der Waals surface area contributed by atoms with Crippen LogP contribution in [0.25, 0.3) is 0 Å². The van der Waals surface area contributed by atoms with Gasteiger partial charge in [0.2, 0.25) is 11.8 Å². The normalized spacial score (nSPS) is 16.6. The van der Waals surface area contributed by atoms with E-state index in [9.17, 15) is 27.6 Å². The number of halogens is 3. The van der Waals surface area contributed by atoms with Crippen LogP contribution in [-0.2, 0) is 27.3 Å². The van der Waals surface area contributed by atoms with E-state index in [4.69, 9.17) is 5.73 Å². The molecule has 1 fully saturated rings. The second-order valence-corrected chi connectivity index (χ2v) is 10.9. The van der Waals surface area contributed by atoms with Crippen molar-refractivity contribution in [3.8, 4) is 0 Å². The third kappa shape index (κ3) is 8.12. The van der Waals surface area contributed by atoms with Crippen LogP contribution in [-0.4, -0.2) is 59.4 Å². The first-order valence-electron chi connectivity index (χ1n) is 12.6. The van der Waals surface area contributed by atoms with E-state index in [0.29, 0.717) is 18.4 Å². The quantitative estimate of drug-likeness (QED) is 0.312. The van der Waals surface area contributed by atoms with Crippen molar-refractivity contribution >= 4 is 35.2 Å². The van der Waals surface area contributed by atoms with E-state index in [1.807, 2.05) is 38.1 Å². The first-order chi connectivity index (χ1) is 18.5. The third-order valence-corrected chi connectivity index (χ3v) is 7.58. The minimum Gasteiger partial charge on any atom is -0.373 e. The van der Waals surface area contributed by atoms with Crippen LogP contribution in [0.2, 0.25) is 0 Å². The SMILES string of the molecule is CNC(=O)C(Nc1ccc(CNC(=O)[C@@H]2SCCN2C(=O)CC(N)Cc2cc(F)c(F)cc2F)cc1)C(C)C. The zero-order valence-corrected chi connectivity index (χ0v) is 22.9. The number of nitrogens with zero attached hydrogens (tertiary/aromatic N) is 1. The summed E-state index contributed by atoms with van der Waals surface area (Å²) in [6, 6.07) is 7.31. The average molecular weight is 566 g/mol. The molecule has 3 amide bonds. The van der Waals surface area contributed by atoms with Gasteiger partial charge in [0.25, 0.3) is 5.91 Å². The van der Waals surface area contributed by atoms with Crippen LogP contribution in [0.1, 0.15) is 31.4 Å². The summed E-state index contributed by atoms with van der Waals surface area (Å²) in [6.07, 6.45) is -0.330. The first-order valence-corrected chi connectivity index (χ1v) is 13.7. The maximum Gasteiger partial charge on any atom is 0.253 e. The fourth-order valence-corrected chi connectivity index (χ4v) is 5.39. The van der Waals surface area contributed by atoms with Crippen LogP contribution < -0.4 is 21.7 Å². The van der Waals surface area contributed by atoms with Crippen molar-refractivity contribution in [2.45, 2.75) is 50.7 Å². The Morgan fingerprint density at radius 1 is 1.08 bits per heavy atom. The van der Waals surface area contributed by atoms with E-state index in [-0.39, 0.29) is 54.6 Å². The number of benzene rings is 2. The highest BCUT2D eigenvalue weighted by atomic mass is 32.2. The molecule has 8 nitrogen and oxygen atoms in total. The Balaban J connectivity index is 1.52. The summed E-state index contributed by atoms with van der Waals surface area (Å²) >= 11 is 1.33. The van der Waals surface area contributed by atoms with Gasteiger partial charge in [-0.3, -0.25) is 14.4 Å². The van der Waals surface area contributed by atoms with Gasteiger partial charge in [0, 0.05) is 50.1 Å². The maximum atomic E-state index is 13.9. The number of nitrogens with two attached hydrogens (primary N) is 1. The summed E-state index contributed by atoms with van der Waals surface area (Å²) < 4.78 is 40.6. The standard InChI is InChI=1S/C27H34F3N5O3S/c1-15(2)24(25(37)32-3)34-19-6-4-16(5-7-19)14-33-26(38)27-35(8-9-39-27)23(36)12-18(31)10-17-11-21(29)22(30)13-20(17)28/h4-7,11,13,15,18,24,27,34H,8-10,12,14,31H2,1-3H3,(H,32,37)(H,33,38)/t18?,24?,27-/m0/s1. The molecule has 1 aliphatic rings. The monoisotopic (exact) mass is 565 g/mol. The number of carbonyl (C=O) groups is 3. The molecule has 2 unspecified atom stereocenters. The molecule has 2 aromatic carbocycles. The fourth-order valence-electron chi connectivity index (χ4n) is 4.22. The molecule has 0 spiro atoms. The summed E-state index contributed by atoms with van der Waals surface area (Å²) in [5, 5.41) is 7.98. The topological polar surface area (TPSA) is 117 Å². The third-order valence-electron chi connectivity index (χ3n) is 6.38. The van der Waals surface area contributed by atoms with Gasteiger partial charge in [-0.1, -0.05) is 26.0 Å². The van der Waals surface area contributed by atoms with Gasteiger partial charge < -0.3 is 26.6 Å². The summed E-state index contributed by atoms with van der Waals surface area (Å²) in [7, 11) is 1.59. The maximum absolute atomic E-state index is 13.9. The molecule has 0 aliphatic carbocycles. The Morgan fingerprint density at radius 2 is 1.74 bits per heavy atom. The van der Waals surface area contributed by atoms with Gasteiger partial charge in [-0.2, -0.15) is 0 Å². The molecule has 5 N–H and O–H groups in total. The number of hydrogen-bond acceptors (Lipinski definition) is 6. The van der Waals surface area contributed by atoms with Crippen molar-refractivity contribution in [2.75, 3.05) is 24.7 Å². The highest BCUT2D eigenvalue weighted by Gasteiger charge is 2.35. The minimum atomic E-state index is -1.29. The van der Waals surface area contributed by atoms with Gasteiger partial charge in [-0.05, 0) is 41.7 Å². The summed E-state index contributed by atoms with van der Waals surface area (Å²) in [4.78, 5) is 39.3. The molecular formula is C27H34F3N5O3S. The fraction of sp³-hybridized carbons (Fsp3) is 0.444. The Hall–Kier alpha value is -3.25. The number of anilines is 1. The molecule has 3 atom stereocenters. The number of amides is 3. The van der Waals surface area contributed by atoms with Crippen molar-refractivity contribution in [3.63, 3.8) is 0 Å². The average Bonchev–Trinajstić information content (AvgIpc) is 3.39. The second-order valence-electron chi connectivity index (χ2n) is 9.73. The van der Waals surface area contributed by atoms with Crippen molar-refractivity contribution < 1.29 is 27.6 Å². The van der Waals surface area contributed by atoms with Gasteiger partial charge in [0.1, 0.15) is 11.9 Å². The molecule has 12 heteroatoms. The van der Waals surface area contributed by atoms with Crippen molar-refractivity contribution in [1.29, 1.82) is 0 Å². The van der Waals surface area contributed by atoms with Crippen molar-refractivity contribution in [1.82, 2.24) is 15.5 Å². The summed E-state index contributed by atoms with van der Waals surface area (Å²) in [5.41, 5.74) is 7.50. The Morgan fingerprint density at radius 3 is 2.38 bits per heavy atom. The van der Waals surface area contributed by atoms with Gasteiger partial charge in [0.05, 0.1) is 0 Å². The molecule has 2 aromatic rings. The van der Waals surface area contributed by atoms with Gasteiger partial charge >= 0.3 is 0 Å². The summed E-state index contributed by atoms with van der Waals surface area (Å²) in [5.74, 6) is -3.56. The molecular weight excluding hydrogens is 531 g/mol. The highest BCUT2D eigenvalue weighted by Crippen LogP contribution is 2.25. The van der Waals surface area contributed by atoms with Gasteiger partial charge in [-0.25, -0.2) is 13.2 Å². The summed E-state index contributed by atoms with van der Waals surface area (Å²) in [6.45, 7) is 4.50. The zero-order chi connectivity index (χ0) is 28.7. The molecule has 1 saturated heterocycles. The molecule has 0 saturated carbocycles. The van der Waals surface area contributed by atoms with Crippen molar-refractivity contribution in [2.24, 2.45) is 11.7 Å². The number of nitrogens with one attached hydrogen (secondary N) is 3. The van der Waals surface area contributed by atoms with Gasteiger partial charge in [0.15, 0.2) is 17.0 Å². The molecule has 212 valence electrons. The lowest BCUT2D eigenvalue weighted by molar-refractivity contribution is -0.136. The lowest BCUT2D eigenvalue weighted by atomic mass is 10.0. The predicted molar refractivity (Wildman–Crippen MR) is 145 cm³/mol. The Labute approximate surface area is 230 Å². The van der Waals surface area contributed by atoms with Crippen LogP contribution >= 0.6 is 11.8 Å². The van der Waals surface area contributed by atoms with E-state index in [0.717, 1.165) is 17.3 Å². The smallest absolute Gasteiger partial charge is 0.253 e. The van der Waals surface area contributed by atoms with Crippen LogP contribution in [0, 0.1) is 23.4 Å². The predicted octanol–water partition coefficient (Wildman–Crippen LogP) is 2.76. The lowest BCUT2D eigenvalue weighted by Gasteiger charge is -2.24. The Kier molecular flexibility index (Phi) is 10.6. The number of hydrogen-bond donors (Lipinski definition) is 4. The highest BCUT2D eigenvalue weighted by molar-refractivity contribution is 8.00. The molecule has 1 heterocycles. The van der Waals surface area contributed by atoms with Crippen LogP contribution in [0.4, 0.5) is 18.9 Å². The molecule has 0 bridgehead atoms. The molecule has 3 rings (SSSR count). The largest absolute Gasteiger partial charge is 0.373 e. The zero-order valence-electron chi connectivity index (χ0n) is 22.1.